The van der Waals surface area contributed by atoms with Crippen molar-refractivity contribution >= 4 is 39.8 Å². The van der Waals surface area contributed by atoms with Crippen LogP contribution in [-0.4, -0.2) is 33.8 Å². The van der Waals surface area contributed by atoms with E-state index >= 15 is 0 Å². The van der Waals surface area contributed by atoms with Crippen LogP contribution in [0.25, 0.3) is 16.7 Å². The normalized spacial score (nSPS) is 11.0. The third kappa shape index (κ3) is 2.58. The van der Waals surface area contributed by atoms with Crippen LogP contribution in [0.1, 0.15) is 0 Å². The van der Waals surface area contributed by atoms with Gasteiger partial charge < -0.3 is 14.8 Å². The highest BCUT2D eigenvalue weighted by Gasteiger charge is 2.15. The molecular weight excluding hydrogens is 342 g/mol. The van der Waals surface area contributed by atoms with Crippen LogP contribution in [0.2, 0.25) is 5.02 Å². The molecule has 0 bridgehead atoms. The molecular formula is C17H14ClN5O2. The fourth-order valence-electron chi connectivity index (χ4n) is 2.68. The van der Waals surface area contributed by atoms with Gasteiger partial charge in [-0.25, -0.2) is 4.98 Å². The molecule has 0 aliphatic heterocycles. The Balaban J connectivity index is 1.89. The van der Waals surface area contributed by atoms with Crippen LogP contribution < -0.4 is 14.8 Å². The Morgan fingerprint density at radius 3 is 2.68 bits per heavy atom. The van der Waals surface area contributed by atoms with Crippen LogP contribution >= 0.6 is 11.6 Å². The van der Waals surface area contributed by atoms with E-state index in [0.717, 1.165) is 11.0 Å². The van der Waals surface area contributed by atoms with Gasteiger partial charge in [-0.15, -0.1) is 10.2 Å². The second-order valence-corrected chi connectivity index (χ2v) is 5.69. The molecule has 0 unspecified atom stereocenters. The highest BCUT2D eigenvalue weighted by atomic mass is 35.5. The maximum Gasteiger partial charge on any atom is 0.204 e. The molecule has 0 spiro atoms. The highest BCUT2D eigenvalue weighted by Crippen LogP contribution is 2.37. The quantitative estimate of drug-likeness (QED) is 0.601. The number of ether oxygens (including phenoxy) is 2. The van der Waals surface area contributed by atoms with Crippen molar-refractivity contribution in [3.63, 3.8) is 0 Å². The smallest absolute Gasteiger partial charge is 0.204 e. The van der Waals surface area contributed by atoms with Gasteiger partial charge in [-0.3, -0.25) is 4.40 Å². The minimum Gasteiger partial charge on any atom is -0.495 e. The zero-order chi connectivity index (χ0) is 17.4. The van der Waals surface area contributed by atoms with Gasteiger partial charge in [0.25, 0.3) is 0 Å². The van der Waals surface area contributed by atoms with Crippen LogP contribution in [0.5, 0.6) is 11.5 Å². The van der Waals surface area contributed by atoms with E-state index in [0.29, 0.717) is 33.7 Å². The number of rotatable bonds is 4. The van der Waals surface area contributed by atoms with E-state index in [2.05, 4.69) is 20.5 Å². The van der Waals surface area contributed by atoms with E-state index < -0.39 is 0 Å². The van der Waals surface area contributed by atoms with Gasteiger partial charge in [0.1, 0.15) is 17.8 Å². The van der Waals surface area contributed by atoms with Crippen LogP contribution in [0.15, 0.2) is 42.7 Å². The Morgan fingerprint density at radius 2 is 1.88 bits per heavy atom. The number of anilines is 2. The lowest BCUT2D eigenvalue weighted by molar-refractivity contribution is 0.405. The van der Waals surface area contributed by atoms with Gasteiger partial charge in [-0.2, -0.15) is 0 Å². The van der Waals surface area contributed by atoms with Crippen molar-refractivity contribution < 1.29 is 9.47 Å². The first-order chi connectivity index (χ1) is 12.2. The lowest BCUT2D eigenvalue weighted by atomic mass is 10.2. The van der Waals surface area contributed by atoms with Gasteiger partial charge in [0.2, 0.25) is 5.65 Å². The molecule has 2 aromatic heterocycles. The molecule has 7 nitrogen and oxygen atoms in total. The van der Waals surface area contributed by atoms with Gasteiger partial charge in [0.15, 0.2) is 5.82 Å². The summed E-state index contributed by atoms with van der Waals surface area (Å²) in [6, 6.07) is 11.2. The molecule has 126 valence electrons. The molecule has 0 saturated carbocycles. The standard InChI is InChI=1S/C17H14ClN5O2/c1-24-14-8-12(15(25-2)7-10(14)18)21-16-17-22-19-9-23(17)13-6-4-3-5-11(13)20-16/h3-9H,1-2H3,(H,20,21). The summed E-state index contributed by atoms with van der Waals surface area (Å²) >= 11 is 6.16. The fraction of sp³-hybridized carbons (Fsp3) is 0.118. The number of nitrogens with one attached hydrogen (secondary N) is 1. The van der Waals surface area contributed by atoms with E-state index in [1.54, 1.807) is 32.7 Å². The Hall–Kier alpha value is -3.06. The van der Waals surface area contributed by atoms with Crippen molar-refractivity contribution in [2.45, 2.75) is 0 Å². The van der Waals surface area contributed by atoms with E-state index in [1.807, 2.05) is 28.7 Å². The van der Waals surface area contributed by atoms with Gasteiger partial charge in [0, 0.05) is 12.1 Å². The van der Waals surface area contributed by atoms with Gasteiger partial charge in [-0.1, -0.05) is 23.7 Å². The molecule has 0 fully saturated rings. The predicted octanol–water partition coefficient (Wildman–Crippen LogP) is 3.69. The molecule has 0 aliphatic rings. The summed E-state index contributed by atoms with van der Waals surface area (Å²) in [5.74, 6) is 1.65. The van der Waals surface area contributed by atoms with E-state index in [1.165, 1.54) is 0 Å². The number of hydrogen-bond donors (Lipinski definition) is 1. The number of fused-ring (bicyclic) bond motifs is 3. The summed E-state index contributed by atoms with van der Waals surface area (Å²) in [6.45, 7) is 0. The van der Waals surface area contributed by atoms with Crippen LogP contribution in [0.4, 0.5) is 11.5 Å². The molecule has 0 aliphatic carbocycles. The van der Waals surface area contributed by atoms with Crippen molar-refractivity contribution in [1.82, 2.24) is 19.6 Å². The molecule has 0 atom stereocenters. The van der Waals surface area contributed by atoms with Crippen LogP contribution in [0, 0.1) is 0 Å². The zero-order valence-electron chi connectivity index (χ0n) is 13.5. The number of aromatic nitrogens is 4. The summed E-state index contributed by atoms with van der Waals surface area (Å²) in [5.41, 5.74) is 3.01. The molecule has 2 heterocycles. The number of benzene rings is 2. The Kier molecular flexibility index (Phi) is 3.77. The highest BCUT2D eigenvalue weighted by molar-refractivity contribution is 6.32. The van der Waals surface area contributed by atoms with Gasteiger partial charge in [0.05, 0.1) is 36.0 Å². The molecule has 0 saturated heterocycles. The van der Waals surface area contributed by atoms with Crippen LogP contribution in [0.3, 0.4) is 0 Å². The topological polar surface area (TPSA) is 73.6 Å². The molecule has 4 aromatic rings. The Morgan fingerprint density at radius 1 is 1.08 bits per heavy atom. The first kappa shape index (κ1) is 15.5. The van der Waals surface area contributed by atoms with Crippen molar-refractivity contribution in [3.05, 3.63) is 47.7 Å². The first-order valence-corrected chi connectivity index (χ1v) is 7.86. The third-order valence-electron chi connectivity index (χ3n) is 3.86. The average molecular weight is 356 g/mol. The third-order valence-corrected chi connectivity index (χ3v) is 4.16. The minimum absolute atomic E-state index is 0.462. The molecule has 8 heteroatoms. The second-order valence-electron chi connectivity index (χ2n) is 5.29. The molecule has 4 rings (SSSR count). The SMILES string of the molecule is COc1cc(Nc2nc3ccccc3n3cnnc23)c(OC)cc1Cl. The van der Waals surface area contributed by atoms with Crippen molar-refractivity contribution in [2.75, 3.05) is 19.5 Å². The molecule has 0 radical (unpaired) electrons. The maximum absolute atomic E-state index is 6.16. The molecule has 1 N–H and O–H groups in total. The molecule has 25 heavy (non-hydrogen) atoms. The van der Waals surface area contributed by atoms with Crippen molar-refractivity contribution in [1.29, 1.82) is 0 Å². The summed E-state index contributed by atoms with van der Waals surface area (Å²) < 4.78 is 12.6. The Bertz CT molecular complexity index is 1080. The van der Waals surface area contributed by atoms with Crippen LogP contribution in [-0.2, 0) is 0 Å². The first-order valence-electron chi connectivity index (χ1n) is 7.48. The Labute approximate surface area is 148 Å². The summed E-state index contributed by atoms with van der Waals surface area (Å²) in [4.78, 5) is 4.66. The number of halogens is 1. The monoisotopic (exact) mass is 355 g/mol. The zero-order valence-corrected chi connectivity index (χ0v) is 14.3. The average Bonchev–Trinajstić information content (AvgIpc) is 3.13. The van der Waals surface area contributed by atoms with E-state index in [9.17, 15) is 0 Å². The van der Waals surface area contributed by atoms with Gasteiger partial charge in [-0.05, 0) is 12.1 Å². The minimum atomic E-state index is 0.462. The summed E-state index contributed by atoms with van der Waals surface area (Å²) in [7, 11) is 3.13. The number of para-hydroxylation sites is 2. The number of nitrogens with zero attached hydrogens (tertiary/aromatic N) is 4. The van der Waals surface area contributed by atoms with E-state index in [4.69, 9.17) is 21.1 Å². The summed E-state index contributed by atoms with van der Waals surface area (Å²) in [6.07, 6.45) is 1.66. The van der Waals surface area contributed by atoms with Gasteiger partial charge >= 0.3 is 0 Å². The molecule has 2 aromatic carbocycles. The predicted molar refractivity (Wildman–Crippen MR) is 96.1 cm³/mol. The second kappa shape index (κ2) is 6.10. The summed E-state index contributed by atoms with van der Waals surface area (Å²) in [5, 5.41) is 11.9. The lowest BCUT2D eigenvalue weighted by Gasteiger charge is -2.14. The molecule has 0 amide bonds. The van der Waals surface area contributed by atoms with Crippen molar-refractivity contribution in [2.24, 2.45) is 0 Å². The number of methoxy groups -OCH3 is 2. The fourth-order valence-corrected chi connectivity index (χ4v) is 2.91. The lowest BCUT2D eigenvalue weighted by Crippen LogP contribution is -2.02. The van der Waals surface area contributed by atoms with E-state index in [-0.39, 0.29) is 0 Å². The largest absolute Gasteiger partial charge is 0.495 e. The number of hydrogen-bond acceptors (Lipinski definition) is 6. The van der Waals surface area contributed by atoms with Crippen molar-refractivity contribution in [3.8, 4) is 11.5 Å². The maximum atomic E-state index is 6.16.